The van der Waals surface area contributed by atoms with Crippen molar-refractivity contribution < 1.29 is 27.4 Å². The lowest BCUT2D eigenvalue weighted by Crippen LogP contribution is -2.41. The average molecular weight is 372 g/mol. The van der Waals surface area contributed by atoms with Crippen molar-refractivity contribution in [3.63, 3.8) is 0 Å². The second-order valence-corrected chi connectivity index (χ2v) is 5.88. The molecule has 1 atom stereocenters. The van der Waals surface area contributed by atoms with Gasteiger partial charge in [-0.15, -0.1) is 0 Å². The van der Waals surface area contributed by atoms with Gasteiger partial charge in [0.25, 0.3) is 0 Å². The molecule has 2 aromatic carbocycles. The first kappa shape index (κ1) is 17.4. The molecular weight excluding hydrogens is 359 g/mol. The van der Waals surface area contributed by atoms with Crippen LogP contribution in [0.5, 0.6) is 5.75 Å². The van der Waals surface area contributed by atoms with E-state index in [1.807, 2.05) is 0 Å². The lowest BCUT2D eigenvalue weighted by atomic mass is 10.0. The van der Waals surface area contributed by atoms with Gasteiger partial charge in [0.05, 0.1) is 19.3 Å². The molecule has 0 saturated heterocycles. The Kier molecular flexibility index (Phi) is 4.51. The first-order valence-corrected chi connectivity index (χ1v) is 7.64. The number of methoxy groups -OCH3 is 1. The third-order valence-electron chi connectivity index (χ3n) is 3.80. The Balaban J connectivity index is 1.98. The molecule has 1 unspecified atom stereocenters. The second kappa shape index (κ2) is 6.48. The lowest BCUT2D eigenvalue weighted by molar-refractivity contribution is -0.207. The first-order chi connectivity index (χ1) is 11.8. The van der Waals surface area contributed by atoms with Crippen LogP contribution in [0.15, 0.2) is 42.5 Å². The number of benzene rings is 2. The number of rotatable bonds is 3. The van der Waals surface area contributed by atoms with Crippen LogP contribution >= 0.6 is 11.6 Å². The Labute approximate surface area is 146 Å². The Hall–Kier alpha value is -2.41. The molecule has 1 amide bonds. The van der Waals surface area contributed by atoms with Gasteiger partial charge in [-0.1, -0.05) is 23.7 Å². The third-order valence-corrected chi connectivity index (χ3v) is 4.03. The molecule has 0 N–H and O–H groups in total. The van der Waals surface area contributed by atoms with Crippen LogP contribution < -0.4 is 9.64 Å². The van der Waals surface area contributed by atoms with E-state index in [1.165, 1.54) is 25.3 Å². The Morgan fingerprint density at radius 3 is 2.48 bits per heavy atom. The van der Waals surface area contributed by atoms with Crippen molar-refractivity contribution in [2.24, 2.45) is 0 Å². The van der Waals surface area contributed by atoms with E-state index in [4.69, 9.17) is 16.3 Å². The maximum absolute atomic E-state index is 13.2. The van der Waals surface area contributed by atoms with Crippen molar-refractivity contribution in [1.82, 2.24) is 0 Å². The number of anilines is 1. The van der Waals surface area contributed by atoms with Crippen LogP contribution in [0.4, 0.5) is 23.7 Å². The molecule has 1 aliphatic rings. The van der Waals surface area contributed by atoms with Crippen LogP contribution in [0, 0.1) is 0 Å². The SMILES string of the molecule is COc1ccc(CN2C(=O)OC(C(F)(F)F)c3cc(Cl)ccc32)cc1. The summed E-state index contributed by atoms with van der Waals surface area (Å²) in [7, 11) is 1.52. The first-order valence-electron chi connectivity index (χ1n) is 7.27. The van der Waals surface area contributed by atoms with Crippen LogP contribution in [0.25, 0.3) is 0 Å². The van der Waals surface area contributed by atoms with Gasteiger partial charge >= 0.3 is 12.3 Å². The number of halogens is 4. The van der Waals surface area contributed by atoms with Crippen LogP contribution in [-0.4, -0.2) is 19.4 Å². The lowest BCUT2D eigenvalue weighted by Gasteiger charge is -2.34. The molecule has 4 nitrogen and oxygen atoms in total. The molecule has 2 aromatic rings. The van der Waals surface area contributed by atoms with E-state index in [0.29, 0.717) is 11.3 Å². The van der Waals surface area contributed by atoms with Gasteiger partial charge < -0.3 is 9.47 Å². The molecule has 8 heteroatoms. The molecule has 0 saturated carbocycles. The number of alkyl halides is 3. The maximum Gasteiger partial charge on any atom is 0.430 e. The predicted octanol–water partition coefficient (Wildman–Crippen LogP) is 5.11. The van der Waals surface area contributed by atoms with Crippen molar-refractivity contribution in [2.45, 2.75) is 18.8 Å². The fourth-order valence-electron chi connectivity index (χ4n) is 2.61. The molecular formula is C17H13ClF3NO3. The minimum absolute atomic E-state index is 0.0576. The quantitative estimate of drug-likeness (QED) is 0.752. The Bertz CT molecular complexity index is 793. The third kappa shape index (κ3) is 3.51. The van der Waals surface area contributed by atoms with Gasteiger partial charge in [-0.25, -0.2) is 4.79 Å². The van der Waals surface area contributed by atoms with Crippen LogP contribution in [-0.2, 0) is 11.3 Å². The monoisotopic (exact) mass is 371 g/mol. The van der Waals surface area contributed by atoms with Crippen molar-refractivity contribution in [2.75, 3.05) is 12.0 Å². The zero-order chi connectivity index (χ0) is 18.2. The van der Waals surface area contributed by atoms with E-state index in [2.05, 4.69) is 4.74 Å². The van der Waals surface area contributed by atoms with Gasteiger partial charge in [0, 0.05) is 10.6 Å². The average Bonchev–Trinajstić information content (AvgIpc) is 2.56. The number of fused-ring (bicyclic) bond motifs is 1. The molecule has 0 fully saturated rings. The highest BCUT2D eigenvalue weighted by Gasteiger charge is 2.49. The van der Waals surface area contributed by atoms with Gasteiger partial charge in [0.2, 0.25) is 6.10 Å². The Morgan fingerprint density at radius 2 is 1.88 bits per heavy atom. The second-order valence-electron chi connectivity index (χ2n) is 5.44. The van der Waals surface area contributed by atoms with Crippen LogP contribution in [0.1, 0.15) is 17.2 Å². The summed E-state index contributed by atoms with van der Waals surface area (Å²) in [6, 6.07) is 10.8. The number of amides is 1. The number of hydrogen-bond acceptors (Lipinski definition) is 3. The summed E-state index contributed by atoms with van der Waals surface area (Å²) in [6.45, 7) is 0.0576. The van der Waals surface area contributed by atoms with Crippen molar-refractivity contribution >= 4 is 23.4 Å². The molecule has 1 aliphatic heterocycles. The van der Waals surface area contributed by atoms with Gasteiger partial charge in [0.1, 0.15) is 5.75 Å². The van der Waals surface area contributed by atoms with Gasteiger partial charge in [-0.05, 0) is 35.9 Å². The molecule has 25 heavy (non-hydrogen) atoms. The topological polar surface area (TPSA) is 38.8 Å². The highest BCUT2D eigenvalue weighted by Crippen LogP contribution is 2.45. The van der Waals surface area contributed by atoms with Crippen molar-refractivity contribution in [3.05, 3.63) is 58.6 Å². The number of ether oxygens (including phenoxy) is 2. The van der Waals surface area contributed by atoms with E-state index < -0.39 is 18.4 Å². The summed E-state index contributed by atoms with van der Waals surface area (Å²) in [5.41, 5.74) is 0.649. The molecule has 0 aliphatic carbocycles. The van der Waals surface area contributed by atoms with E-state index in [-0.39, 0.29) is 22.8 Å². The van der Waals surface area contributed by atoms with E-state index >= 15 is 0 Å². The smallest absolute Gasteiger partial charge is 0.430 e. The van der Waals surface area contributed by atoms with Gasteiger partial charge in [-0.2, -0.15) is 13.2 Å². The van der Waals surface area contributed by atoms with Gasteiger partial charge in [-0.3, -0.25) is 4.90 Å². The van der Waals surface area contributed by atoms with Gasteiger partial charge in [0.15, 0.2) is 0 Å². The minimum atomic E-state index is -4.72. The minimum Gasteiger partial charge on any atom is -0.497 e. The largest absolute Gasteiger partial charge is 0.497 e. The highest BCUT2D eigenvalue weighted by atomic mass is 35.5. The fraction of sp³-hybridized carbons (Fsp3) is 0.235. The maximum atomic E-state index is 13.2. The zero-order valence-electron chi connectivity index (χ0n) is 13.0. The number of cyclic esters (lactones) is 1. The summed E-state index contributed by atoms with van der Waals surface area (Å²) in [5.74, 6) is 0.634. The number of hydrogen-bond donors (Lipinski definition) is 0. The molecule has 0 radical (unpaired) electrons. The molecule has 132 valence electrons. The molecule has 3 rings (SSSR count). The van der Waals surface area contributed by atoms with E-state index in [1.54, 1.807) is 24.3 Å². The van der Waals surface area contributed by atoms with Crippen LogP contribution in [0.2, 0.25) is 5.02 Å². The van der Waals surface area contributed by atoms with Crippen molar-refractivity contribution in [1.29, 1.82) is 0 Å². The standard InChI is InChI=1S/C17H13ClF3NO3/c1-24-12-5-2-10(3-6-12)9-22-14-7-4-11(18)8-13(14)15(17(19,20)21)25-16(22)23/h2-8,15H,9H2,1H3. The number of nitrogens with zero attached hydrogens (tertiary/aromatic N) is 1. The summed E-state index contributed by atoms with van der Waals surface area (Å²) in [4.78, 5) is 13.3. The van der Waals surface area contributed by atoms with Crippen molar-refractivity contribution in [3.8, 4) is 5.75 Å². The normalized spacial score (nSPS) is 17.1. The van der Waals surface area contributed by atoms with E-state index in [9.17, 15) is 18.0 Å². The molecule has 0 aromatic heterocycles. The molecule has 0 spiro atoms. The molecule has 0 bridgehead atoms. The van der Waals surface area contributed by atoms with Crippen LogP contribution in [0.3, 0.4) is 0 Å². The summed E-state index contributed by atoms with van der Waals surface area (Å²) in [5, 5.41) is 0.135. The summed E-state index contributed by atoms with van der Waals surface area (Å²) < 4.78 is 49.3. The summed E-state index contributed by atoms with van der Waals surface area (Å²) in [6.07, 6.45) is -8.12. The molecule has 1 heterocycles. The highest BCUT2D eigenvalue weighted by molar-refractivity contribution is 6.30. The Morgan fingerprint density at radius 1 is 1.20 bits per heavy atom. The number of carbonyl (C=O) groups excluding carboxylic acids is 1. The fourth-order valence-corrected chi connectivity index (χ4v) is 2.79. The van der Waals surface area contributed by atoms with E-state index in [0.717, 1.165) is 4.90 Å². The number of carbonyl (C=O) groups is 1. The predicted molar refractivity (Wildman–Crippen MR) is 85.9 cm³/mol. The zero-order valence-corrected chi connectivity index (χ0v) is 13.8. The summed E-state index contributed by atoms with van der Waals surface area (Å²) >= 11 is 5.83.